The second kappa shape index (κ2) is 3.71. The smallest absolute Gasteiger partial charge is 0.323 e. The van der Waals surface area contributed by atoms with Gasteiger partial charge < -0.3 is 4.74 Å². The summed E-state index contributed by atoms with van der Waals surface area (Å²) in [6.07, 6.45) is 3.84. The Balaban J connectivity index is 2.17. The number of carbonyl (C=O) groups is 1. The number of hydrogen-bond acceptors (Lipinski definition) is 5. The number of nitrogens with one attached hydrogen (secondary N) is 1. The topological polar surface area (TPSA) is 64.1 Å². The lowest BCUT2D eigenvalue weighted by molar-refractivity contribution is -0.143. The largest absolute Gasteiger partial charge is 0.468 e. The number of ether oxygens (including phenoxy) is 1. The molecular formula is C9H11N3O2. The van der Waals surface area contributed by atoms with Crippen LogP contribution in [0.1, 0.15) is 11.4 Å². The van der Waals surface area contributed by atoms with E-state index in [9.17, 15) is 4.79 Å². The Morgan fingerprint density at radius 2 is 2.21 bits per heavy atom. The molecule has 5 heteroatoms. The van der Waals surface area contributed by atoms with Crippen LogP contribution in [0.25, 0.3) is 0 Å². The van der Waals surface area contributed by atoms with Gasteiger partial charge in [-0.1, -0.05) is 0 Å². The van der Waals surface area contributed by atoms with E-state index >= 15 is 0 Å². The first kappa shape index (κ1) is 9.08. The van der Waals surface area contributed by atoms with Gasteiger partial charge in [-0.05, 0) is 0 Å². The molecule has 0 bridgehead atoms. The fourth-order valence-corrected chi connectivity index (χ4v) is 1.51. The van der Waals surface area contributed by atoms with Crippen molar-refractivity contribution in [2.75, 3.05) is 7.11 Å². The van der Waals surface area contributed by atoms with E-state index in [-0.39, 0.29) is 12.0 Å². The van der Waals surface area contributed by atoms with Gasteiger partial charge in [0, 0.05) is 25.4 Å². The number of nitrogens with zero attached hydrogens (tertiary/aromatic N) is 2. The lowest BCUT2D eigenvalue weighted by atomic mass is 10.1. The fourth-order valence-electron chi connectivity index (χ4n) is 1.51. The zero-order valence-corrected chi connectivity index (χ0v) is 7.86. The molecule has 1 aromatic heterocycles. The normalized spacial score (nSPS) is 19.9. The van der Waals surface area contributed by atoms with E-state index in [0.29, 0.717) is 13.0 Å². The van der Waals surface area contributed by atoms with E-state index in [1.807, 2.05) is 0 Å². The van der Waals surface area contributed by atoms with Crippen molar-refractivity contribution in [3.05, 3.63) is 23.8 Å². The fraction of sp³-hybridized carbons (Fsp3) is 0.444. The van der Waals surface area contributed by atoms with Crippen LogP contribution in [0.3, 0.4) is 0 Å². The first-order valence-electron chi connectivity index (χ1n) is 4.41. The van der Waals surface area contributed by atoms with Crippen LogP contribution in [-0.4, -0.2) is 29.1 Å². The van der Waals surface area contributed by atoms with Crippen molar-refractivity contribution in [1.29, 1.82) is 0 Å². The van der Waals surface area contributed by atoms with Gasteiger partial charge in [0.15, 0.2) is 0 Å². The second-order valence-electron chi connectivity index (χ2n) is 3.11. The Kier molecular flexibility index (Phi) is 2.41. The summed E-state index contributed by atoms with van der Waals surface area (Å²) in [6.45, 7) is 0.572. The lowest BCUT2D eigenvalue weighted by Crippen LogP contribution is -2.43. The molecule has 0 aliphatic carbocycles. The van der Waals surface area contributed by atoms with Gasteiger partial charge in [-0.15, -0.1) is 0 Å². The zero-order chi connectivity index (χ0) is 9.97. The zero-order valence-electron chi connectivity index (χ0n) is 7.86. The van der Waals surface area contributed by atoms with Crippen LogP contribution in [0.5, 0.6) is 0 Å². The van der Waals surface area contributed by atoms with Crippen LogP contribution in [0.2, 0.25) is 0 Å². The number of esters is 1. The van der Waals surface area contributed by atoms with Crippen molar-refractivity contribution in [1.82, 2.24) is 15.3 Å². The van der Waals surface area contributed by atoms with Crippen molar-refractivity contribution in [2.24, 2.45) is 0 Å². The Morgan fingerprint density at radius 1 is 1.50 bits per heavy atom. The van der Waals surface area contributed by atoms with E-state index in [0.717, 1.165) is 11.4 Å². The molecule has 2 rings (SSSR count). The number of methoxy groups -OCH3 is 1. The number of carbonyl (C=O) groups excluding carboxylic acids is 1. The van der Waals surface area contributed by atoms with Gasteiger partial charge in [0.25, 0.3) is 0 Å². The first-order chi connectivity index (χ1) is 6.81. The van der Waals surface area contributed by atoms with Crippen LogP contribution in [0, 0.1) is 0 Å². The summed E-state index contributed by atoms with van der Waals surface area (Å²) in [7, 11) is 1.39. The van der Waals surface area contributed by atoms with Crippen molar-refractivity contribution < 1.29 is 9.53 Å². The van der Waals surface area contributed by atoms with Crippen LogP contribution in [0.4, 0.5) is 0 Å². The Labute approximate surface area is 81.5 Å². The minimum absolute atomic E-state index is 0.249. The molecule has 1 aliphatic rings. The van der Waals surface area contributed by atoms with Crippen molar-refractivity contribution in [3.63, 3.8) is 0 Å². The number of fused-ring (bicyclic) bond motifs is 1. The third-order valence-electron chi connectivity index (χ3n) is 2.26. The average Bonchev–Trinajstić information content (AvgIpc) is 2.27. The van der Waals surface area contributed by atoms with Crippen molar-refractivity contribution >= 4 is 5.97 Å². The van der Waals surface area contributed by atoms with E-state index in [1.54, 1.807) is 12.4 Å². The van der Waals surface area contributed by atoms with Gasteiger partial charge in [0.2, 0.25) is 0 Å². The minimum Gasteiger partial charge on any atom is -0.468 e. The second-order valence-corrected chi connectivity index (χ2v) is 3.11. The molecule has 14 heavy (non-hydrogen) atoms. The maximum atomic E-state index is 11.2. The molecule has 0 saturated heterocycles. The molecule has 1 aliphatic heterocycles. The lowest BCUT2D eigenvalue weighted by Gasteiger charge is -2.21. The maximum absolute atomic E-state index is 11.2. The molecule has 1 atom stereocenters. The number of hydrogen-bond donors (Lipinski definition) is 1. The molecule has 5 nitrogen and oxygen atoms in total. The van der Waals surface area contributed by atoms with E-state index in [1.165, 1.54) is 7.11 Å². The van der Waals surface area contributed by atoms with Crippen LogP contribution in [0.15, 0.2) is 12.4 Å². The summed E-state index contributed by atoms with van der Waals surface area (Å²) in [5, 5.41) is 3.05. The molecule has 0 fully saturated rings. The van der Waals surface area contributed by atoms with Gasteiger partial charge in [0.05, 0.1) is 18.5 Å². The summed E-state index contributed by atoms with van der Waals surface area (Å²) < 4.78 is 4.66. The Bertz CT molecular complexity index is 354. The molecule has 0 amide bonds. The number of aromatic nitrogens is 2. The summed E-state index contributed by atoms with van der Waals surface area (Å²) >= 11 is 0. The van der Waals surface area contributed by atoms with Crippen LogP contribution in [-0.2, 0) is 22.5 Å². The van der Waals surface area contributed by atoms with Crippen molar-refractivity contribution in [3.8, 4) is 0 Å². The standard InChI is InChI=1S/C9H11N3O2/c1-14-9(13)7-4-6-8(5-12-7)11-3-2-10-6/h2-3,7,12H,4-5H2,1H3. The SMILES string of the molecule is COC(=O)C1Cc2nccnc2CN1. The molecule has 2 heterocycles. The molecule has 0 saturated carbocycles. The third kappa shape index (κ3) is 1.58. The predicted octanol–water partition coefficient (Wildman–Crippen LogP) is -0.336. The summed E-state index contributed by atoms with van der Waals surface area (Å²) in [4.78, 5) is 19.6. The monoisotopic (exact) mass is 193 g/mol. The average molecular weight is 193 g/mol. The summed E-state index contributed by atoms with van der Waals surface area (Å²) in [6, 6.07) is -0.288. The molecule has 1 aromatic rings. The van der Waals surface area contributed by atoms with Gasteiger partial charge in [-0.2, -0.15) is 0 Å². The van der Waals surface area contributed by atoms with Crippen LogP contribution >= 0.6 is 0 Å². The molecule has 0 aromatic carbocycles. The van der Waals surface area contributed by atoms with Crippen molar-refractivity contribution in [2.45, 2.75) is 19.0 Å². The van der Waals surface area contributed by atoms with E-state index in [2.05, 4.69) is 20.0 Å². The van der Waals surface area contributed by atoms with Gasteiger partial charge in [0.1, 0.15) is 6.04 Å². The highest BCUT2D eigenvalue weighted by atomic mass is 16.5. The van der Waals surface area contributed by atoms with Gasteiger partial charge in [-0.25, -0.2) is 0 Å². The van der Waals surface area contributed by atoms with Gasteiger partial charge in [-0.3, -0.25) is 20.1 Å². The highest BCUT2D eigenvalue weighted by Crippen LogP contribution is 2.11. The van der Waals surface area contributed by atoms with Gasteiger partial charge >= 0.3 is 5.97 Å². The number of rotatable bonds is 1. The maximum Gasteiger partial charge on any atom is 0.323 e. The highest BCUT2D eigenvalue weighted by molar-refractivity contribution is 5.76. The molecule has 1 N–H and O–H groups in total. The van der Waals surface area contributed by atoms with E-state index < -0.39 is 0 Å². The third-order valence-corrected chi connectivity index (χ3v) is 2.26. The molecule has 0 radical (unpaired) electrons. The highest BCUT2D eigenvalue weighted by Gasteiger charge is 2.25. The summed E-state index contributed by atoms with van der Waals surface area (Å²) in [5.41, 5.74) is 1.79. The van der Waals surface area contributed by atoms with Crippen LogP contribution < -0.4 is 5.32 Å². The Morgan fingerprint density at radius 3 is 2.93 bits per heavy atom. The summed E-state index contributed by atoms with van der Waals surface area (Å²) in [5.74, 6) is -0.249. The quantitative estimate of drug-likeness (QED) is 0.618. The Hall–Kier alpha value is -1.49. The molecular weight excluding hydrogens is 182 g/mol. The molecule has 1 unspecified atom stereocenters. The predicted molar refractivity (Wildman–Crippen MR) is 48.4 cm³/mol. The molecule has 74 valence electrons. The van der Waals surface area contributed by atoms with E-state index in [4.69, 9.17) is 0 Å². The minimum atomic E-state index is -0.288. The first-order valence-corrected chi connectivity index (χ1v) is 4.41. The molecule has 0 spiro atoms.